The van der Waals surface area contributed by atoms with Crippen LogP contribution in [0.4, 0.5) is 0 Å². The van der Waals surface area contributed by atoms with Crippen LogP contribution >= 0.6 is 0 Å². The second-order valence-corrected chi connectivity index (χ2v) is 10.8. The Labute approximate surface area is 231 Å². The van der Waals surface area contributed by atoms with E-state index in [1.165, 1.54) is 11.1 Å². The van der Waals surface area contributed by atoms with Crippen molar-refractivity contribution >= 4 is 11.6 Å². The first-order valence-corrected chi connectivity index (χ1v) is 14.2. The maximum Gasteiger partial charge on any atom is 0.161 e. The largest absolute Gasteiger partial charge is 0.490 e. The third-order valence-electron chi connectivity index (χ3n) is 7.88. The molecule has 2 aliphatic carbocycles. The molecule has 3 aliphatic rings. The number of aryl methyl sites for hydroxylation is 2. The van der Waals surface area contributed by atoms with Gasteiger partial charge in [0.25, 0.3) is 0 Å². The summed E-state index contributed by atoms with van der Waals surface area (Å²) < 4.78 is 17.7. The van der Waals surface area contributed by atoms with Crippen LogP contribution in [0.15, 0.2) is 58.9 Å². The Morgan fingerprint density at radius 3 is 2.05 bits per heavy atom. The summed E-state index contributed by atoms with van der Waals surface area (Å²) in [6.07, 6.45) is 4.36. The molecule has 0 aromatic heterocycles. The van der Waals surface area contributed by atoms with Gasteiger partial charge in [0.15, 0.2) is 23.1 Å². The Morgan fingerprint density at radius 2 is 1.46 bits per heavy atom. The van der Waals surface area contributed by atoms with E-state index in [0.717, 1.165) is 59.4 Å². The summed E-state index contributed by atoms with van der Waals surface area (Å²) in [7, 11) is 1.69. The molecule has 0 bridgehead atoms. The van der Waals surface area contributed by atoms with Crippen molar-refractivity contribution in [1.82, 2.24) is 4.90 Å². The summed E-state index contributed by atoms with van der Waals surface area (Å²) in [5.74, 6) is 1.20. The number of hydrogen-bond acceptors (Lipinski definition) is 6. The molecule has 0 saturated heterocycles. The zero-order chi connectivity index (χ0) is 27.5. The molecule has 2 aromatic carbocycles. The van der Waals surface area contributed by atoms with E-state index in [2.05, 4.69) is 36.9 Å². The number of rotatable bonds is 9. The zero-order valence-corrected chi connectivity index (χ0v) is 23.6. The van der Waals surface area contributed by atoms with E-state index in [0.29, 0.717) is 50.7 Å². The molecule has 0 fully saturated rings. The van der Waals surface area contributed by atoms with Crippen LogP contribution in [-0.4, -0.2) is 43.3 Å². The highest BCUT2D eigenvalue weighted by atomic mass is 16.5. The number of nitrogens with zero attached hydrogens (tertiary/aromatic N) is 1. The van der Waals surface area contributed by atoms with Crippen molar-refractivity contribution in [2.75, 3.05) is 26.9 Å². The smallest absolute Gasteiger partial charge is 0.161 e. The van der Waals surface area contributed by atoms with Crippen molar-refractivity contribution in [2.45, 2.75) is 71.8 Å². The number of methoxy groups -OCH3 is 1. The molecule has 0 amide bonds. The summed E-state index contributed by atoms with van der Waals surface area (Å²) in [4.78, 5) is 29.2. The van der Waals surface area contributed by atoms with Crippen LogP contribution in [0.5, 0.6) is 11.5 Å². The highest BCUT2D eigenvalue weighted by Crippen LogP contribution is 2.50. The second kappa shape index (κ2) is 11.8. The summed E-state index contributed by atoms with van der Waals surface area (Å²) in [5.41, 5.74) is 8.10. The number of ketones is 2. The van der Waals surface area contributed by atoms with Gasteiger partial charge in [0.05, 0.1) is 13.2 Å². The Hall–Kier alpha value is -3.38. The van der Waals surface area contributed by atoms with Crippen LogP contribution in [0, 0.1) is 13.8 Å². The fourth-order valence-corrected chi connectivity index (χ4v) is 6.41. The molecule has 0 unspecified atom stereocenters. The number of carbonyl (C=O) groups excluding carboxylic acids is 2. The van der Waals surface area contributed by atoms with Gasteiger partial charge >= 0.3 is 0 Å². The Kier molecular flexibility index (Phi) is 8.22. The van der Waals surface area contributed by atoms with Crippen molar-refractivity contribution < 1.29 is 23.8 Å². The molecular formula is C33H39NO5. The fraction of sp³-hybridized carbons (Fsp3) is 0.455. The van der Waals surface area contributed by atoms with Gasteiger partial charge in [0.1, 0.15) is 6.61 Å². The van der Waals surface area contributed by atoms with Gasteiger partial charge in [-0.15, -0.1) is 0 Å². The molecule has 0 saturated carbocycles. The molecule has 206 valence electrons. The van der Waals surface area contributed by atoms with Crippen LogP contribution in [-0.2, 0) is 20.9 Å². The minimum Gasteiger partial charge on any atom is -0.490 e. The summed E-state index contributed by atoms with van der Waals surface area (Å²) in [6.45, 7) is 8.23. The van der Waals surface area contributed by atoms with Crippen LogP contribution < -0.4 is 9.47 Å². The number of carbonyl (C=O) groups is 2. The van der Waals surface area contributed by atoms with Crippen molar-refractivity contribution in [3.8, 4) is 11.5 Å². The molecule has 0 radical (unpaired) electrons. The molecule has 1 aliphatic heterocycles. The summed E-state index contributed by atoms with van der Waals surface area (Å²) in [5, 5.41) is 0. The second-order valence-electron chi connectivity index (χ2n) is 10.8. The number of hydrogen-bond donors (Lipinski definition) is 0. The molecular weight excluding hydrogens is 490 g/mol. The van der Waals surface area contributed by atoms with Crippen LogP contribution in [0.1, 0.15) is 73.6 Å². The Balaban J connectivity index is 1.56. The molecule has 1 heterocycles. The van der Waals surface area contributed by atoms with Crippen LogP contribution in [0.25, 0.3) is 0 Å². The number of ether oxygens (including phenoxy) is 3. The molecule has 6 nitrogen and oxygen atoms in total. The van der Waals surface area contributed by atoms with E-state index in [9.17, 15) is 9.59 Å². The molecule has 39 heavy (non-hydrogen) atoms. The lowest BCUT2D eigenvalue weighted by atomic mass is 9.71. The number of benzene rings is 2. The SMILES string of the molecule is CCOc1cc(C2C3=C(CCCC3=O)N(CCOC)C3=C2C(=O)CCC3)ccc1OCc1cc(C)cc(C)c1. The maximum absolute atomic E-state index is 13.5. The van der Waals surface area contributed by atoms with E-state index in [-0.39, 0.29) is 17.5 Å². The van der Waals surface area contributed by atoms with E-state index in [1.54, 1.807) is 7.11 Å². The zero-order valence-electron chi connectivity index (χ0n) is 23.6. The summed E-state index contributed by atoms with van der Waals surface area (Å²) in [6, 6.07) is 12.3. The predicted molar refractivity (Wildman–Crippen MR) is 151 cm³/mol. The third kappa shape index (κ3) is 5.53. The minimum absolute atomic E-state index is 0.140. The third-order valence-corrected chi connectivity index (χ3v) is 7.88. The minimum atomic E-state index is -0.373. The van der Waals surface area contributed by atoms with Gasteiger partial charge in [-0.25, -0.2) is 0 Å². The van der Waals surface area contributed by atoms with Crippen molar-refractivity contribution in [3.63, 3.8) is 0 Å². The Bertz CT molecular complexity index is 1270. The fourth-order valence-electron chi connectivity index (χ4n) is 6.41. The highest BCUT2D eigenvalue weighted by Gasteiger charge is 2.43. The average Bonchev–Trinajstić information content (AvgIpc) is 2.91. The molecule has 0 spiro atoms. The Morgan fingerprint density at radius 1 is 0.821 bits per heavy atom. The lowest BCUT2D eigenvalue weighted by Crippen LogP contribution is -2.40. The number of allylic oxidation sites excluding steroid dienone is 4. The molecule has 0 atom stereocenters. The van der Waals surface area contributed by atoms with Gasteiger partial charge in [0.2, 0.25) is 0 Å². The van der Waals surface area contributed by atoms with Gasteiger partial charge < -0.3 is 19.1 Å². The van der Waals surface area contributed by atoms with E-state index in [1.807, 2.05) is 25.1 Å². The topological polar surface area (TPSA) is 65.1 Å². The molecule has 6 heteroatoms. The molecule has 5 rings (SSSR count). The van der Waals surface area contributed by atoms with Gasteiger partial charge in [-0.3, -0.25) is 9.59 Å². The molecule has 2 aromatic rings. The lowest BCUT2D eigenvalue weighted by molar-refractivity contribution is -0.117. The van der Waals surface area contributed by atoms with Gasteiger partial charge in [0, 0.05) is 55.0 Å². The standard InChI is InChI=1S/C33H39NO5/c1-5-38-30-19-24(12-13-29(30)39-20-23-17-21(2)16-22(3)18-23)31-32-25(8-6-10-27(32)35)34(14-15-37-4)26-9-7-11-28(36)33(26)31/h12-13,16-19,31H,5-11,14-15,20H2,1-4H3. The molecule has 0 N–H and O–H groups in total. The number of Topliss-reactive ketones (excluding diaryl/α,β-unsaturated/α-hetero) is 2. The van der Waals surface area contributed by atoms with Crippen LogP contribution in [0.2, 0.25) is 0 Å². The monoisotopic (exact) mass is 529 g/mol. The van der Waals surface area contributed by atoms with E-state index in [4.69, 9.17) is 14.2 Å². The quantitative estimate of drug-likeness (QED) is 0.378. The highest BCUT2D eigenvalue weighted by molar-refractivity contribution is 6.06. The van der Waals surface area contributed by atoms with Gasteiger partial charge in [-0.1, -0.05) is 35.4 Å². The van der Waals surface area contributed by atoms with Crippen molar-refractivity contribution in [2.24, 2.45) is 0 Å². The van der Waals surface area contributed by atoms with Gasteiger partial charge in [-0.2, -0.15) is 0 Å². The normalized spacial score (nSPS) is 17.9. The lowest BCUT2D eigenvalue weighted by Gasteiger charge is -2.44. The average molecular weight is 530 g/mol. The summed E-state index contributed by atoms with van der Waals surface area (Å²) >= 11 is 0. The van der Waals surface area contributed by atoms with Crippen molar-refractivity contribution in [3.05, 3.63) is 81.2 Å². The van der Waals surface area contributed by atoms with E-state index >= 15 is 0 Å². The van der Waals surface area contributed by atoms with Crippen LogP contribution in [0.3, 0.4) is 0 Å². The first kappa shape index (κ1) is 27.2. The maximum atomic E-state index is 13.5. The van der Waals surface area contributed by atoms with Gasteiger partial charge in [-0.05, 0) is 69.7 Å². The first-order valence-electron chi connectivity index (χ1n) is 14.2. The van der Waals surface area contributed by atoms with Crippen molar-refractivity contribution in [1.29, 1.82) is 0 Å². The first-order chi connectivity index (χ1) is 18.9. The predicted octanol–water partition coefficient (Wildman–Crippen LogP) is 6.34. The van der Waals surface area contributed by atoms with E-state index < -0.39 is 0 Å².